The second-order valence-corrected chi connectivity index (χ2v) is 5.90. The first-order valence-electron chi connectivity index (χ1n) is 6.96. The first-order chi connectivity index (χ1) is 9.09. The van der Waals surface area contributed by atoms with Crippen molar-refractivity contribution in [3.05, 3.63) is 34.6 Å². The fourth-order valence-electron chi connectivity index (χ4n) is 2.65. The third-order valence-electron chi connectivity index (χ3n) is 3.80. The number of rotatable bonds is 4. The summed E-state index contributed by atoms with van der Waals surface area (Å²) in [6.45, 7) is 1.12. The van der Waals surface area contributed by atoms with Crippen LogP contribution in [0.4, 0.5) is 4.39 Å². The zero-order valence-electron chi connectivity index (χ0n) is 11.1. The van der Waals surface area contributed by atoms with Crippen LogP contribution in [0.15, 0.2) is 18.2 Å². The van der Waals surface area contributed by atoms with E-state index in [1.54, 1.807) is 12.1 Å². The van der Waals surface area contributed by atoms with E-state index in [1.165, 1.54) is 18.9 Å². The molecule has 1 aromatic rings. The smallest absolute Gasteiger partial charge is 0.142 e. The molecule has 0 radical (unpaired) electrons. The fraction of sp³-hybridized carbons (Fsp3) is 0.600. The highest BCUT2D eigenvalue weighted by molar-refractivity contribution is 6.30. The second kappa shape index (κ2) is 6.69. The molecule has 19 heavy (non-hydrogen) atoms. The molecule has 106 valence electrons. The number of hydrogen-bond donors (Lipinski definition) is 2. The van der Waals surface area contributed by atoms with Crippen molar-refractivity contribution in [1.29, 1.82) is 0 Å². The summed E-state index contributed by atoms with van der Waals surface area (Å²) in [7, 11) is 0. The van der Waals surface area contributed by atoms with E-state index in [4.69, 9.17) is 11.6 Å². The van der Waals surface area contributed by atoms with Crippen molar-refractivity contribution in [2.45, 2.75) is 50.7 Å². The molecular weight excluding hydrogens is 265 g/mol. The Kier molecular flexibility index (Phi) is 5.20. The number of aliphatic hydroxyl groups is 1. The molecule has 0 amide bonds. The predicted octanol–water partition coefficient (Wildman–Crippen LogP) is 3.65. The number of halogens is 2. The van der Waals surface area contributed by atoms with E-state index in [2.05, 4.69) is 5.32 Å². The SMILES string of the molecule is OC1(CNCc2ccc(Cl)c(F)c2)CCCCCC1. The van der Waals surface area contributed by atoms with E-state index >= 15 is 0 Å². The van der Waals surface area contributed by atoms with Crippen LogP contribution in [0, 0.1) is 5.82 Å². The fourth-order valence-corrected chi connectivity index (χ4v) is 2.77. The third-order valence-corrected chi connectivity index (χ3v) is 4.11. The molecule has 0 atom stereocenters. The van der Waals surface area contributed by atoms with Crippen LogP contribution in [0.25, 0.3) is 0 Å². The van der Waals surface area contributed by atoms with Crippen LogP contribution in [-0.2, 0) is 6.54 Å². The Morgan fingerprint density at radius 1 is 1.21 bits per heavy atom. The van der Waals surface area contributed by atoms with Crippen LogP contribution >= 0.6 is 11.6 Å². The van der Waals surface area contributed by atoms with Crippen LogP contribution < -0.4 is 5.32 Å². The van der Waals surface area contributed by atoms with Crippen LogP contribution in [0.1, 0.15) is 44.1 Å². The highest BCUT2D eigenvalue weighted by atomic mass is 35.5. The van der Waals surface area contributed by atoms with Crippen molar-refractivity contribution < 1.29 is 9.50 Å². The summed E-state index contributed by atoms with van der Waals surface area (Å²) in [5.74, 6) is -0.394. The standard InChI is InChI=1S/C15H21ClFNO/c16-13-6-5-12(9-14(13)17)10-18-11-15(19)7-3-1-2-4-8-15/h5-6,9,18-19H,1-4,7-8,10-11H2. The Morgan fingerprint density at radius 2 is 1.89 bits per heavy atom. The summed E-state index contributed by atoms with van der Waals surface area (Å²) in [5, 5.41) is 13.8. The van der Waals surface area contributed by atoms with E-state index in [9.17, 15) is 9.50 Å². The molecule has 2 nitrogen and oxygen atoms in total. The average Bonchev–Trinajstić information content (AvgIpc) is 2.59. The van der Waals surface area contributed by atoms with Crippen molar-refractivity contribution in [2.24, 2.45) is 0 Å². The summed E-state index contributed by atoms with van der Waals surface area (Å²) in [6.07, 6.45) is 6.32. The Balaban J connectivity index is 1.83. The van der Waals surface area contributed by atoms with Gasteiger partial charge in [-0.25, -0.2) is 4.39 Å². The van der Waals surface area contributed by atoms with Gasteiger partial charge in [-0.05, 0) is 30.5 Å². The number of benzene rings is 1. The molecule has 2 N–H and O–H groups in total. The maximum atomic E-state index is 13.3. The molecule has 1 fully saturated rings. The van der Waals surface area contributed by atoms with Crippen molar-refractivity contribution in [3.8, 4) is 0 Å². The van der Waals surface area contributed by atoms with Crippen molar-refractivity contribution in [2.75, 3.05) is 6.54 Å². The van der Waals surface area contributed by atoms with Crippen LogP contribution in [0.2, 0.25) is 5.02 Å². The van der Waals surface area contributed by atoms with Gasteiger partial charge in [-0.15, -0.1) is 0 Å². The summed E-state index contributed by atoms with van der Waals surface area (Å²) in [4.78, 5) is 0. The maximum absolute atomic E-state index is 13.3. The van der Waals surface area contributed by atoms with Crippen LogP contribution in [0.3, 0.4) is 0 Å². The minimum atomic E-state index is -0.596. The van der Waals surface area contributed by atoms with Gasteiger partial charge in [0.15, 0.2) is 0 Å². The zero-order chi connectivity index (χ0) is 13.7. The molecule has 1 aromatic carbocycles. The van der Waals surface area contributed by atoms with E-state index in [0.717, 1.165) is 31.2 Å². The summed E-state index contributed by atoms with van der Waals surface area (Å²) in [5.41, 5.74) is 0.251. The van der Waals surface area contributed by atoms with E-state index in [1.807, 2.05) is 0 Å². The van der Waals surface area contributed by atoms with Crippen molar-refractivity contribution in [3.63, 3.8) is 0 Å². The summed E-state index contributed by atoms with van der Waals surface area (Å²) < 4.78 is 13.3. The van der Waals surface area contributed by atoms with Gasteiger partial charge < -0.3 is 10.4 Å². The highest BCUT2D eigenvalue weighted by Crippen LogP contribution is 2.26. The normalized spacial score (nSPS) is 19.1. The van der Waals surface area contributed by atoms with E-state index in [0.29, 0.717) is 13.1 Å². The Labute approximate surface area is 119 Å². The molecule has 0 spiro atoms. The Hall–Kier alpha value is -0.640. The molecule has 0 aromatic heterocycles. The van der Waals surface area contributed by atoms with Gasteiger partial charge in [-0.1, -0.05) is 43.4 Å². The lowest BCUT2D eigenvalue weighted by Crippen LogP contribution is -2.39. The van der Waals surface area contributed by atoms with Gasteiger partial charge in [0.2, 0.25) is 0 Å². The molecular formula is C15H21ClFNO. The van der Waals surface area contributed by atoms with Gasteiger partial charge in [0, 0.05) is 13.1 Å². The number of hydrogen-bond acceptors (Lipinski definition) is 2. The molecule has 0 saturated heterocycles. The lowest BCUT2D eigenvalue weighted by atomic mass is 9.94. The van der Waals surface area contributed by atoms with Crippen LogP contribution in [-0.4, -0.2) is 17.3 Å². The molecule has 4 heteroatoms. The van der Waals surface area contributed by atoms with Crippen molar-refractivity contribution in [1.82, 2.24) is 5.32 Å². The summed E-state index contributed by atoms with van der Waals surface area (Å²) in [6, 6.07) is 4.80. The Bertz CT molecular complexity index is 417. The molecule has 0 bridgehead atoms. The van der Waals surface area contributed by atoms with E-state index in [-0.39, 0.29) is 5.02 Å². The minimum Gasteiger partial charge on any atom is -0.389 e. The van der Waals surface area contributed by atoms with Gasteiger partial charge in [-0.3, -0.25) is 0 Å². The second-order valence-electron chi connectivity index (χ2n) is 5.49. The van der Waals surface area contributed by atoms with Gasteiger partial charge in [0.05, 0.1) is 10.6 Å². The molecule has 1 saturated carbocycles. The Morgan fingerprint density at radius 3 is 2.53 bits per heavy atom. The molecule has 1 aliphatic rings. The minimum absolute atomic E-state index is 0.145. The van der Waals surface area contributed by atoms with Gasteiger partial charge in [0.25, 0.3) is 0 Å². The lowest BCUT2D eigenvalue weighted by Gasteiger charge is -2.27. The maximum Gasteiger partial charge on any atom is 0.142 e. The monoisotopic (exact) mass is 285 g/mol. The largest absolute Gasteiger partial charge is 0.389 e. The number of nitrogens with one attached hydrogen (secondary N) is 1. The lowest BCUT2D eigenvalue weighted by molar-refractivity contribution is 0.0250. The molecule has 0 heterocycles. The van der Waals surface area contributed by atoms with Gasteiger partial charge in [0.1, 0.15) is 5.82 Å². The van der Waals surface area contributed by atoms with Crippen LogP contribution in [0.5, 0.6) is 0 Å². The van der Waals surface area contributed by atoms with Gasteiger partial charge in [-0.2, -0.15) is 0 Å². The predicted molar refractivity (Wildman–Crippen MR) is 75.8 cm³/mol. The third kappa shape index (κ3) is 4.44. The molecule has 0 unspecified atom stereocenters. The average molecular weight is 286 g/mol. The molecule has 1 aliphatic carbocycles. The zero-order valence-corrected chi connectivity index (χ0v) is 11.8. The highest BCUT2D eigenvalue weighted by Gasteiger charge is 2.27. The molecule has 0 aliphatic heterocycles. The quantitative estimate of drug-likeness (QED) is 0.828. The topological polar surface area (TPSA) is 32.3 Å². The van der Waals surface area contributed by atoms with E-state index < -0.39 is 11.4 Å². The first-order valence-corrected chi connectivity index (χ1v) is 7.34. The van der Waals surface area contributed by atoms with Gasteiger partial charge >= 0.3 is 0 Å². The first kappa shape index (κ1) is 14.8. The molecule has 2 rings (SSSR count). The van der Waals surface area contributed by atoms with Crippen molar-refractivity contribution >= 4 is 11.6 Å². The summed E-state index contributed by atoms with van der Waals surface area (Å²) >= 11 is 5.64.